The number of halogens is 1. The van der Waals surface area contributed by atoms with Gasteiger partial charge in [0.05, 0.1) is 4.92 Å². The second-order valence-electron chi connectivity index (χ2n) is 4.42. The van der Waals surface area contributed by atoms with E-state index in [9.17, 15) is 10.1 Å². The largest absolute Gasteiger partial charge is 0.348 e. The van der Waals surface area contributed by atoms with E-state index < -0.39 is 4.92 Å². The molecule has 0 spiro atoms. The van der Waals surface area contributed by atoms with Gasteiger partial charge in [0.1, 0.15) is 6.33 Å². The molecule has 2 heterocycles. The average Bonchev–Trinajstić information content (AvgIpc) is 2.39. The maximum absolute atomic E-state index is 11.1. The van der Waals surface area contributed by atoms with Crippen molar-refractivity contribution < 1.29 is 4.92 Å². The quantitative estimate of drug-likeness (QED) is 0.475. The molecule has 0 amide bonds. The van der Waals surface area contributed by atoms with E-state index in [1.165, 1.54) is 6.33 Å². The highest BCUT2D eigenvalue weighted by Gasteiger charge is 2.28. The Hall–Kier alpha value is -1.47. The van der Waals surface area contributed by atoms with Gasteiger partial charge in [-0.15, -0.1) is 0 Å². The van der Waals surface area contributed by atoms with Gasteiger partial charge in [0, 0.05) is 26.2 Å². The van der Waals surface area contributed by atoms with Gasteiger partial charge in [-0.3, -0.25) is 15.0 Å². The first kappa shape index (κ1) is 14.0. The lowest BCUT2D eigenvalue weighted by Gasteiger charge is -2.34. The Labute approximate surface area is 116 Å². The molecule has 1 fully saturated rings. The minimum absolute atomic E-state index is 0.106. The van der Waals surface area contributed by atoms with Gasteiger partial charge in [0.15, 0.2) is 0 Å². The summed E-state index contributed by atoms with van der Waals surface area (Å²) in [6, 6.07) is 0. The van der Waals surface area contributed by atoms with Crippen LogP contribution >= 0.6 is 11.6 Å². The fourth-order valence-corrected chi connectivity index (χ4v) is 2.43. The molecule has 2 rings (SSSR count). The lowest BCUT2D eigenvalue weighted by atomic mass is 10.3. The molecular weight excluding hydrogens is 270 g/mol. The highest BCUT2D eigenvalue weighted by Crippen LogP contribution is 2.31. The van der Waals surface area contributed by atoms with Gasteiger partial charge in [-0.25, -0.2) is 9.97 Å². The molecule has 0 bridgehead atoms. The van der Waals surface area contributed by atoms with Crippen molar-refractivity contribution in [2.75, 3.05) is 37.6 Å². The zero-order valence-corrected chi connectivity index (χ0v) is 11.5. The maximum atomic E-state index is 11.1. The molecule has 7 nitrogen and oxygen atoms in total. The van der Waals surface area contributed by atoms with Crippen molar-refractivity contribution in [2.45, 2.75) is 13.3 Å². The van der Waals surface area contributed by atoms with Gasteiger partial charge < -0.3 is 4.90 Å². The fraction of sp³-hybridized carbons (Fsp3) is 0.636. The number of hydrogen-bond donors (Lipinski definition) is 0. The Balaban J connectivity index is 2.15. The summed E-state index contributed by atoms with van der Waals surface area (Å²) in [6.45, 7) is 6.39. The predicted octanol–water partition coefficient (Wildman–Crippen LogP) is 1.57. The number of aromatic nitrogens is 2. The van der Waals surface area contributed by atoms with Crippen LogP contribution in [0.25, 0.3) is 0 Å². The molecule has 0 atom stereocenters. The van der Waals surface area contributed by atoms with Crippen LogP contribution in [-0.4, -0.2) is 52.5 Å². The Morgan fingerprint density at radius 2 is 2.05 bits per heavy atom. The molecule has 0 radical (unpaired) electrons. The van der Waals surface area contributed by atoms with Gasteiger partial charge in [0.2, 0.25) is 11.0 Å². The zero-order chi connectivity index (χ0) is 13.8. The third-order valence-corrected chi connectivity index (χ3v) is 3.43. The van der Waals surface area contributed by atoms with Gasteiger partial charge in [-0.05, 0) is 13.0 Å². The molecule has 0 aromatic carbocycles. The zero-order valence-electron chi connectivity index (χ0n) is 10.8. The summed E-state index contributed by atoms with van der Waals surface area (Å²) in [5.41, 5.74) is -0.201. The number of hydrogen-bond acceptors (Lipinski definition) is 6. The predicted molar refractivity (Wildman–Crippen MR) is 72.6 cm³/mol. The molecule has 0 N–H and O–H groups in total. The van der Waals surface area contributed by atoms with Crippen LogP contribution in [-0.2, 0) is 0 Å². The second-order valence-corrected chi connectivity index (χ2v) is 4.78. The molecule has 19 heavy (non-hydrogen) atoms. The van der Waals surface area contributed by atoms with Crippen LogP contribution in [0.15, 0.2) is 6.33 Å². The standard InChI is InChI=1S/C11H16ClN5O2/c1-2-3-15-4-6-16(7-5-15)11-9(17(18)19)10(12)13-8-14-11/h8H,2-7H2,1H3. The van der Waals surface area contributed by atoms with Crippen molar-refractivity contribution in [2.24, 2.45) is 0 Å². The molecule has 0 unspecified atom stereocenters. The molecule has 0 saturated carbocycles. The summed E-state index contributed by atoms with van der Waals surface area (Å²) in [5, 5.41) is 11.0. The minimum atomic E-state index is -0.518. The summed E-state index contributed by atoms with van der Waals surface area (Å²) in [7, 11) is 0. The lowest BCUT2D eigenvalue weighted by molar-refractivity contribution is -0.384. The van der Waals surface area contributed by atoms with Crippen LogP contribution in [0.5, 0.6) is 0 Å². The van der Waals surface area contributed by atoms with Crippen molar-refractivity contribution in [1.82, 2.24) is 14.9 Å². The first-order valence-corrected chi connectivity index (χ1v) is 6.63. The van der Waals surface area contributed by atoms with Gasteiger partial charge in [0.25, 0.3) is 0 Å². The molecule has 1 aromatic rings. The third-order valence-electron chi connectivity index (χ3n) is 3.15. The lowest BCUT2D eigenvalue weighted by Crippen LogP contribution is -2.47. The van der Waals surface area contributed by atoms with Crippen LogP contribution in [0.2, 0.25) is 5.15 Å². The maximum Gasteiger partial charge on any atom is 0.348 e. The Morgan fingerprint density at radius 3 is 2.63 bits per heavy atom. The summed E-state index contributed by atoms with van der Waals surface area (Å²) in [5.74, 6) is 0.321. The van der Waals surface area contributed by atoms with Crippen LogP contribution in [0.4, 0.5) is 11.5 Å². The number of nitrogens with zero attached hydrogens (tertiary/aromatic N) is 5. The summed E-state index contributed by atoms with van der Waals surface area (Å²) >= 11 is 5.79. The van der Waals surface area contributed by atoms with Crippen LogP contribution in [0.1, 0.15) is 13.3 Å². The number of piperazine rings is 1. The molecule has 1 saturated heterocycles. The highest BCUT2D eigenvalue weighted by atomic mass is 35.5. The van der Waals surface area contributed by atoms with Crippen molar-refractivity contribution in [3.63, 3.8) is 0 Å². The van der Waals surface area contributed by atoms with Gasteiger partial charge >= 0.3 is 5.69 Å². The van der Waals surface area contributed by atoms with E-state index in [0.717, 1.165) is 26.1 Å². The van der Waals surface area contributed by atoms with E-state index >= 15 is 0 Å². The summed E-state index contributed by atoms with van der Waals surface area (Å²) in [6.07, 6.45) is 2.38. The topological polar surface area (TPSA) is 75.4 Å². The Bertz CT molecular complexity index is 462. The van der Waals surface area contributed by atoms with E-state index in [0.29, 0.717) is 18.9 Å². The number of rotatable bonds is 4. The van der Waals surface area contributed by atoms with Crippen LogP contribution < -0.4 is 4.90 Å². The van der Waals surface area contributed by atoms with Gasteiger partial charge in [-0.2, -0.15) is 0 Å². The third kappa shape index (κ3) is 3.10. The highest BCUT2D eigenvalue weighted by molar-refractivity contribution is 6.31. The Morgan fingerprint density at radius 1 is 1.37 bits per heavy atom. The molecule has 8 heteroatoms. The van der Waals surface area contributed by atoms with E-state index in [-0.39, 0.29) is 10.8 Å². The molecule has 1 aromatic heterocycles. The van der Waals surface area contributed by atoms with Crippen molar-refractivity contribution in [3.8, 4) is 0 Å². The van der Waals surface area contributed by atoms with Crippen LogP contribution in [0.3, 0.4) is 0 Å². The molecular formula is C11H16ClN5O2. The molecule has 1 aliphatic rings. The fourth-order valence-electron chi connectivity index (χ4n) is 2.24. The molecule has 0 aliphatic carbocycles. The first-order chi connectivity index (χ1) is 9.13. The monoisotopic (exact) mass is 285 g/mol. The van der Waals surface area contributed by atoms with E-state index in [4.69, 9.17) is 11.6 Å². The first-order valence-electron chi connectivity index (χ1n) is 6.25. The Kier molecular flexibility index (Phi) is 4.49. The molecule has 1 aliphatic heterocycles. The van der Waals surface area contributed by atoms with Crippen molar-refractivity contribution in [1.29, 1.82) is 0 Å². The van der Waals surface area contributed by atoms with Gasteiger partial charge in [-0.1, -0.05) is 18.5 Å². The minimum Gasteiger partial charge on any atom is -0.348 e. The second kappa shape index (κ2) is 6.12. The number of anilines is 1. The van der Waals surface area contributed by atoms with Crippen molar-refractivity contribution >= 4 is 23.1 Å². The van der Waals surface area contributed by atoms with E-state index in [2.05, 4.69) is 21.8 Å². The summed E-state index contributed by atoms with van der Waals surface area (Å²) in [4.78, 5) is 22.5. The van der Waals surface area contributed by atoms with Crippen LogP contribution in [0, 0.1) is 10.1 Å². The average molecular weight is 286 g/mol. The van der Waals surface area contributed by atoms with Crippen molar-refractivity contribution in [3.05, 3.63) is 21.6 Å². The number of nitro groups is 1. The van der Waals surface area contributed by atoms with E-state index in [1.807, 2.05) is 4.90 Å². The SMILES string of the molecule is CCCN1CCN(c2ncnc(Cl)c2[N+](=O)[O-])CC1. The summed E-state index contributed by atoms with van der Waals surface area (Å²) < 4.78 is 0. The molecule has 104 valence electrons. The normalized spacial score (nSPS) is 16.6. The smallest absolute Gasteiger partial charge is 0.348 e. The van der Waals surface area contributed by atoms with E-state index in [1.54, 1.807) is 0 Å².